The summed E-state index contributed by atoms with van der Waals surface area (Å²) in [6, 6.07) is 10.2. The van der Waals surface area contributed by atoms with E-state index in [1.165, 1.54) is 43.4 Å². The number of para-hydroxylation sites is 1. The van der Waals surface area contributed by atoms with E-state index in [4.69, 9.17) is 0 Å². The standard InChI is InChI=1S/C17H26N2/c1-13-6-5-8-15(10-13)19(2)16-11-14-7-3-4-9-17(14)18-12-16/h3-4,7,9,13,15-16,18H,5-6,8,10-12H2,1-2H3. The zero-order chi connectivity index (χ0) is 13.2. The van der Waals surface area contributed by atoms with Crippen LogP contribution in [0.2, 0.25) is 0 Å². The van der Waals surface area contributed by atoms with Gasteiger partial charge in [-0.05, 0) is 43.9 Å². The Bertz CT molecular complexity index is 429. The van der Waals surface area contributed by atoms with Crippen LogP contribution in [0.15, 0.2) is 24.3 Å². The van der Waals surface area contributed by atoms with E-state index in [-0.39, 0.29) is 0 Å². The molecule has 1 N–H and O–H groups in total. The minimum atomic E-state index is 0.658. The van der Waals surface area contributed by atoms with Crippen molar-refractivity contribution in [2.45, 2.75) is 51.1 Å². The Morgan fingerprint density at radius 2 is 2.00 bits per heavy atom. The number of likely N-dealkylation sites (N-methyl/N-ethyl adjacent to an activating group) is 1. The first-order valence-corrected chi connectivity index (χ1v) is 7.77. The van der Waals surface area contributed by atoms with E-state index in [1.54, 1.807) is 0 Å². The molecule has 1 aromatic carbocycles. The van der Waals surface area contributed by atoms with Crippen molar-refractivity contribution < 1.29 is 0 Å². The quantitative estimate of drug-likeness (QED) is 0.873. The van der Waals surface area contributed by atoms with Gasteiger partial charge in [-0.1, -0.05) is 38.0 Å². The maximum absolute atomic E-state index is 3.60. The highest BCUT2D eigenvalue weighted by Crippen LogP contribution is 2.30. The molecule has 3 atom stereocenters. The minimum absolute atomic E-state index is 0.658. The molecule has 1 aromatic rings. The molecule has 0 bridgehead atoms. The van der Waals surface area contributed by atoms with E-state index < -0.39 is 0 Å². The van der Waals surface area contributed by atoms with Crippen molar-refractivity contribution in [2.24, 2.45) is 5.92 Å². The van der Waals surface area contributed by atoms with E-state index in [0.717, 1.165) is 18.5 Å². The highest BCUT2D eigenvalue weighted by atomic mass is 15.2. The second-order valence-electron chi connectivity index (χ2n) is 6.49. The highest BCUT2D eigenvalue weighted by molar-refractivity contribution is 5.53. The SMILES string of the molecule is CC1CCCC(N(C)C2CNc3ccccc3C2)C1. The Morgan fingerprint density at radius 3 is 2.84 bits per heavy atom. The Labute approximate surface area is 117 Å². The van der Waals surface area contributed by atoms with Gasteiger partial charge in [0.25, 0.3) is 0 Å². The number of hydrogen-bond acceptors (Lipinski definition) is 2. The van der Waals surface area contributed by atoms with Crippen LogP contribution in [0.1, 0.15) is 38.2 Å². The second-order valence-corrected chi connectivity index (χ2v) is 6.49. The Hall–Kier alpha value is -1.02. The molecule has 3 unspecified atom stereocenters. The van der Waals surface area contributed by atoms with Crippen LogP contribution in [0, 0.1) is 5.92 Å². The smallest absolute Gasteiger partial charge is 0.0373 e. The van der Waals surface area contributed by atoms with E-state index >= 15 is 0 Å². The molecule has 1 heterocycles. The third-order valence-corrected chi connectivity index (χ3v) is 5.06. The van der Waals surface area contributed by atoms with Gasteiger partial charge in [0.15, 0.2) is 0 Å². The summed E-state index contributed by atoms with van der Waals surface area (Å²) >= 11 is 0. The summed E-state index contributed by atoms with van der Waals surface area (Å²) in [5.41, 5.74) is 2.82. The first-order valence-electron chi connectivity index (χ1n) is 7.77. The van der Waals surface area contributed by atoms with Gasteiger partial charge >= 0.3 is 0 Å². The Morgan fingerprint density at radius 1 is 1.16 bits per heavy atom. The number of anilines is 1. The lowest BCUT2D eigenvalue weighted by atomic mass is 9.85. The lowest BCUT2D eigenvalue weighted by Crippen LogP contribution is -2.48. The topological polar surface area (TPSA) is 15.3 Å². The van der Waals surface area contributed by atoms with Crippen molar-refractivity contribution in [3.05, 3.63) is 29.8 Å². The summed E-state index contributed by atoms with van der Waals surface area (Å²) in [7, 11) is 2.34. The molecule has 0 saturated heterocycles. The molecule has 1 saturated carbocycles. The molecule has 1 aliphatic heterocycles. The number of nitrogens with zero attached hydrogens (tertiary/aromatic N) is 1. The average molecular weight is 258 g/mol. The lowest BCUT2D eigenvalue weighted by Gasteiger charge is -2.41. The summed E-state index contributed by atoms with van der Waals surface area (Å²) < 4.78 is 0. The summed E-state index contributed by atoms with van der Waals surface area (Å²) in [6.45, 7) is 3.51. The van der Waals surface area contributed by atoms with Gasteiger partial charge in [0.2, 0.25) is 0 Å². The third-order valence-electron chi connectivity index (χ3n) is 5.06. The van der Waals surface area contributed by atoms with Gasteiger partial charge in [-0.25, -0.2) is 0 Å². The molecule has 1 aliphatic carbocycles. The van der Waals surface area contributed by atoms with Gasteiger partial charge in [-0.15, -0.1) is 0 Å². The Balaban J connectivity index is 1.67. The molecule has 0 aromatic heterocycles. The van der Waals surface area contributed by atoms with Crippen LogP contribution in [-0.4, -0.2) is 30.6 Å². The molecule has 2 heteroatoms. The predicted octanol–water partition coefficient (Wildman–Crippen LogP) is 3.53. The number of nitrogens with one attached hydrogen (secondary N) is 1. The fourth-order valence-electron chi connectivity index (χ4n) is 3.78. The van der Waals surface area contributed by atoms with E-state index in [0.29, 0.717) is 6.04 Å². The molecule has 0 spiro atoms. The molecule has 2 nitrogen and oxygen atoms in total. The molecule has 104 valence electrons. The van der Waals surface area contributed by atoms with Crippen molar-refractivity contribution in [1.29, 1.82) is 0 Å². The van der Waals surface area contributed by atoms with E-state index in [1.807, 2.05) is 0 Å². The van der Waals surface area contributed by atoms with Crippen molar-refractivity contribution in [3.63, 3.8) is 0 Å². The highest BCUT2D eigenvalue weighted by Gasteiger charge is 2.29. The largest absolute Gasteiger partial charge is 0.383 e. The van der Waals surface area contributed by atoms with Gasteiger partial charge in [-0.3, -0.25) is 4.90 Å². The van der Waals surface area contributed by atoms with Gasteiger partial charge in [0.1, 0.15) is 0 Å². The zero-order valence-electron chi connectivity index (χ0n) is 12.2. The summed E-state index contributed by atoms with van der Waals surface area (Å²) in [5.74, 6) is 0.907. The summed E-state index contributed by atoms with van der Waals surface area (Å²) in [4.78, 5) is 2.65. The second kappa shape index (κ2) is 5.54. The maximum Gasteiger partial charge on any atom is 0.0373 e. The number of benzene rings is 1. The van der Waals surface area contributed by atoms with Crippen LogP contribution in [0.3, 0.4) is 0 Å². The molecule has 2 aliphatic rings. The number of fused-ring (bicyclic) bond motifs is 1. The molecule has 0 amide bonds. The van der Waals surface area contributed by atoms with Crippen LogP contribution in [0.5, 0.6) is 0 Å². The van der Waals surface area contributed by atoms with E-state index in [9.17, 15) is 0 Å². The fourth-order valence-corrected chi connectivity index (χ4v) is 3.78. The molecule has 0 radical (unpaired) electrons. The lowest BCUT2D eigenvalue weighted by molar-refractivity contribution is 0.121. The number of rotatable bonds is 2. The van der Waals surface area contributed by atoms with Crippen molar-refractivity contribution in [1.82, 2.24) is 4.90 Å². The number of hydrogen-bond donors (Lipinski definition) is 1. The van der Waals surface area contributed by atoms with Gasteiger partial charge < -0.3 is 5.32 Å². The first kappa shape index (κ1) is 13.0. The van der Waals surface area contributed by atoms with Crippen LogP contribution in [0.4, 0.5) is 5.69 Å². The molecule has 1 fully saturated rings. The normalized spacial score (nSPS) is 30.8. The molecule has 3 rings (SSSR count). The van der Waals surface area contributed by atoms with Crippen LogP contribution in [0.25, 0.3) is 0 Å². The summed E-state index contributed by atoms with van der Waals surface area (Å²) in [6.07, 6.45) is 6.81. The van der Waals surface area contributed by atoms with Crippen molar-refractivity contribution >= 4 is 5.69 Å². The minimum Gasteiger partial charge on any atom is -0.383 e. The van der Waals surface area contributed by atoms with Crippen LogP contribution in [-0.2, 0) is 6.42 Å². The van der Waals surface area contributed by atoms with Crippen LogP contribution < -0.4 is 5.32 Å². The average Bonchev–Trinajstić information content (AvgIpc) is 2.46. The van der Waals surface area contributed by atoms with Gasteiger partial charge in [-0.2, -0.15) is 0 Å². The monoisotopic (exact) mass is 258 g/mol. The van der Waals surface area contributed by atoms with Crippen LogP contribution >= 0.6 is 0 Å². The fraction of sp³-hybridized carbons (Fsp3) is 0.647. The van der Waals surface area contributed by atoms with Crippen molar-refractivity contribution in [2.75, 3.05) is 18.9 Å². The van der Waals surface area contributed by atoms with E-state index in [2.05, 4.69) is 48.5 Å². The first-order chi connectivity index (χ1) is 9.24. The maximum atomic E-state index is 3.60. The summed E-state index contributed by atoms with van der Waals surface area (Å²) in [5, 5.41) is 3.60. The van der Waals surface area contributed by atoms with Gasteiger partial charge in [0, 0.05) is 24.3 Å². The molecule has 19 heavy (non-hydrogen) atoms. The Kier molecular flexibility index (Phi) is 3.79. The third kappa shape index (κ3) is 2.79. The zero-order valence-corrected chi connectivity index (χ0v) is 12.2. The van der Waals surface area contributed by atoms with Crippen molar-refractivity contribution in [3.8, 4) is 0 Å². The molecular formula is C17H26N2. The molecular weight excluding hydrogens is 232 g/mol. The predicted molar refractivity (Wildman–Crippen MR) is 81.6 cm³/mol. The van der Waals surface area contributed by atoms with Gasteiger partial charge in [0.05, 0.1) is 0 Å².